The quantitative estimate of drug-likeness (QED) is 0.0344. The van der Waals surface area contributed by atoms with E-state index in [1.807, 2.05) is 12.1 Å². The van der Waals surface area contributed by atoms with Crippen LogP contribution in [0.1, 0.15) is 71.3 Å². The van der Waals surface area contributed by atoms with Crippen LogP contribution in [0.3, 0.4) is 0 Å². The Labute approximate surface area is 525 Å². The van der Waals surface area contributed by atoms with Gasteiger partial charge >= 0.3 is 12.1 Å². The summed E-state index contributed by atoms with van der Waals surface area (Å²) in [7, 11) is -7.65. The average molecular weight is 1290 g/mol. The number of hydrogen-bond acceptors (Lipinski definition) is 18. The molecule has 0 unspecified atom stereocenters. The van der Waals surface area contributed by atoms with E-state index in [-0.39, 0.29) is 137 Å². The second-order valence-corrected chi connectivity index (χ2v) is 26.4. The van der Waals surface area contributed by atoms with Crippen LogP contribution in [0.15, 0.2) is 82.6 Å². The number of hydrogen-bond donors (Lipinski definition) is 8. The number of nitrogens with zero attached hydrogens (tertiary/aromatic N) is 4. The molecular weight excluding hydrogens is 1220 g/mol. The van der Waals surface area contributed by atoms with E-state index in [1.165, 1.54) is 24.3 Å². The van der Waals surface area contributed by atoms with Crippen LogP contribution < -0.4 is 50.8 Å². The van der Waals surface area contributed by atoms with Gasteiger partial charge in [0, 0.05) is 101 Å². The van der Waals surface area contributed by atoms with Crippen molar-refractivity contribution in [2.75, 3.05) is 131 Å². The summed E-state index contributed by atoms with van der Waals surface area (Å²) in [6.45, 7) is 9.17. The minimum Gasteiger partial charge on any atom is -0.484 e. The van der Waals surface area contributed by atoms with Crippen molar-refractivity contribution in [3.05, 3.63) is 116 Å². The number of urea groups is 2. The topological polar surface area (TPSA) is 308 Å². The van der Waals surface area contributed by atoms with Gasteiger partial charge in [-0.25, -0.2) is 35.9 Å². The molecule has 28 heteroatoms. The first-order valence-electron chi connectivity index (χ1n) is 29.9. The number of benzene rings is 4. The van der Waals surface area contributed by atoms with Gasteiger partial charge in [-0.3, -0.25) is 9.80 Å². The first-order chi connectivity index (χ1) is 42.7. The fraction of sp³-hybridized carbons (Fsp3) is 0.533. The van der Waals surface area contributed by atoms with Crippen molar-refractivity contribution in [1.82, 2.24) is 51.1 Å². The van der Waals surface area contributed by atoms with Crippen LogP contribution in [0.5, 0.6) is 11.5 Å². The van der Waals surface area contributed by atoms with E-state index in [1.54, 1.807) is 36.4 Å². The van der Waals surface area contributed by atoms with E-state index in [0.717, 1.165) is 74.6 Å². The lowest BCUT2D eigenvalue weighted by Gasteiger charge is -2.36. The van der Waals surface area contributed by atoms with E-state index in [0.29, 0.717) is 71.2 Å². The number of amides is 4. The van der Waals surface area contributed by atoms with Crippen molar-refractivity contribution in [3.8, 4) is 23.6 Å². The molecule has 3 aliphatic carbocycles. The van der Waals surface area contributed by atoms with Crippen molar-refractivity contribution < 1.29 is 54.8 Å². The molecule has 8 N–H and O–H groups in total. The molecule has 476 valence electrons. The van der Waals surface area contributed by atoms with Gasteiger partial charge in [0.2, 0.25) is 20.0 Å². The third-order valence-electron chi connectivity index (χ3n) is 16.2. The lowest BCUT2D eigenvalue weighted by atomic mass is 9.91. The third kappa shape index (κ3) is 18.6. The average Bonchev–Trinajstić information content (AvgIpc) is 2.40. The predicted octanol–water partition coefficient (Wildman–Crippen LogP) is 3.87. The van der Waals surface area contributed by atoms with E-state index in [4.69, 9.17) is 51.6 Å². The second-order valence-electron chi connectivity index (χ2n) is 22.0. The second kappa shape index (κ2) is 32.7. The molecule has 3 fully saturated rings. The summed E-state index contributed by atoms with van der Waals surface area (Å²) in [5.74, 6) is 1.00. The van der Waals surface area contributed by atoms with Gasteiger partial charge in [0.05, 0.1) is 98.0 Å². The Kier molecular flexibility index (Phi) is 24.7. The summed E-state index contributed by atoms with van der Waals surface area (Å²) in [6.07, 6.45) is 3.33. The van der Waals surface area contributed by atoms with Crippen molar-refractivity contribution in [3.63, 3.8) is 0 Å². The largest absolute Gasteiger partial charge is 0.484 e. The number of rotatable bonds is 30. The van der Waals surface area contributed by atoms with E-state index < -0.39 is 20.0 Å². The highest BCUT2D eigenvalue weighted by atomic mass is 35.5. The summed E-state index contributed by atoms with van der Waals surface area (Å²) in [6, 6.07) is 23.5. The number of nitriles is 2. The van der Waals surface area contributed by atoms with E-state index in [9.17, 15) is 36.9 Å². The standard InChI is InChI=1S/C60H78Cl2N12O12S2/c61-43-33-41(39-63)51-37-55(73-21-13-65-14-22-73)57(53(51)35-43)85-47-5-9-49(10-6-47)87(77,78)69-19-27-83-31-29-81-25-17-67-59(75)71-45-1-2-46(4-3-45)72-60(76)68-18-26-82-30-32-84-28-20-70-88(79,80)50-11-7-48(8-12-50)86-58-54-36-44(62)34-42(40-64)52(54)38-56(58)74-23-15-66-16-24-74/h5-12,33-36,45-46,55-58,65-66,69-70H,1-4,13-32,37-38H2,(H2,67,71,75)(H2,68,72,76)/t45-,46+,55-,56-,57-,58-/m0/s1. The van der Waals surface area contributed by atoms with E-state index >= 15 is 0 Å². The molecule has 2 aliphatic heterocycles. The molecule has 4 aromatic rings. The Bertz CT molecular complexity index is 3070. The van der Waals surface area contributed by atoms with Crippen LogP contribution >= 0.6 is 23.2 Å². The molecule has 0 radical (unpaired) electrons. The SMILES string of the molecule is N#Cc1cc(Cl)cc2c1C[C@H](N1CCNCC1)[C@H]2Oc1ccc(S(=O)(=O)NCCOCCOCCNC(=O)N[C@H]2CC[C@@H](NC(=O)NCCOCCOCCNS(=O)(=O)c3ccc(O[C@H]4c5cc(Cl)cc(C#N)c5C[C@@H]4N4CCNCC4)cc3)CC2)cc1. The molecule has 4 amide bonds. The fourth-order valence-electron chi connectivity index (χ4n) is 11.8. The summed E-state index contributed by atoms with van der Waals surface area (Å²) in [5, 5.41) is 38.9. The molecule has 2 saturated heterocycles. The monoisotopic (exact) mass is 1290 g/mol. The maximum Gasteiger partial charge on any atom is 0.315 e. The van der Waals surface area contributed by atoms with Crippen LogP contribution in [-0.2, 0) is 51.8 Å². The van der Waals surface area contributed by atoms with Gasteiger partial charge in [-0.1, -0.05) is 23.2 Å². The van der Waals surface area contributed by atoms with Gasteiger partial charge in [0.25, 0.3) is 0 Å². The molecule has 0 aromatic heterocycles. The van der Waals surface area contributed by atoms with Gasteiger partial charge in [-0.15, -0.1) is 0 Å². The zero-order valence-electron chi connectivity index (χ0n) is 49.0. The molecule has 0 spiro atoms. The normalized spacial score (nSPS) is 21.3. The Morgan fingerprint density at radius 1 is 0.523 bits per heavy atom. The number of piperazine rings is 2. The zero-order valence-corrected chi connectivity index (χ0v) is 52.2. The highest BCUT2D eigenvalue weighted by Crippen LogP contribution is 2.43. The lowest BCUT2D eigenvalue weighted by Crippen LogP contribution is -2.50. The van der Waals surface area contributed by atoms with Crippen molar-refractivity contribution in [1.29, 1.82) is 10.5 Å². The van der Waals surface area contributed by atoms with Crippen LogP contribution in [0, 0.1) is 22.7 Å². The van der Waals surface area contributed by atoms with Gasteiger partial charge in [0.1, 0.15) is 23.7 Å². The third-order valence-corrected chi connectivity index (χ3v) is 19.6. The molecule has 4 atom stereocenters. The van der Waals surface area contributed by atoms with Crippen LogP contribution in [-0.4, -0.2) is 194 Å². The molecule has 88 heavy (non-hydrogen) atoms. The van der Waals surface area contributed by atoms with E-state index in [2.05, 4.69) is 63.3 Å². The molecule has 1 saturated carbocycles. The Balaban J connectivity index is 0.553. The number of ether oxygens (including phenoxy) is 6. The van der Waals surface area contributed by atoms with Crippen molar-refractivity contribution >= 4 is 55.3 Å². The fourth-order valence-corrected chi connectivity index (χ4v) is 14.3. The minimum atomic E-state index is -3.83. The lowest BCUT2D eigenvalue weighted by molar-refractivity contribution is 0.0515. The summed E-state index contributed by atoms with van der Waals surface area (Å²) in [4.78, 5) is 30.0. The molecule has 0 bridgehead atoms. The van der Waals surface area contributed by atoms with Gasteiger partial charge in [-0.2, -0.15) is 10.5 Å². The first kappa shape index (κ1) is 66.5. The Morgan fingerprint density at radius 3 is 1.23 bits per heavy atom. The molecule has 24 nitrogen and oxygen atoms in total. The highest BCUT2D eigenvalue weighted by molar-refractivity contribution is 7.89. The maximum atomic E-state index is 13.1. The zero-order chi connectivity index (χ0) is 61.9. The summed E-state index contributed by atoms with van der Waals surface area (Å²) in [5.41, 5.74) is 4.68. The minimum absolute atomic E-state index is 0.00513. The highest BCUT2D eigenvalue weighted by Gasteiger charge is 2.42. The number of nitrogens with one attached hydrogen (secondary N) is 8. The maximum absolute atomic E-state index is 13.1. The number of halogens is 2. The molecule has 9 rings (SSSR count). The number of carbonyl (C=O) groups excluding carboxylic acids is 2. The Morgan fingerprint density at radius 2 is 0.875 bits per heavy atom. The van der Waals surface area contributed by atoms with Crippen LogP contribution in [0.2, 0.25) is 10.0 Å². The van der Waals surface area contributed by atoms with Crippen LogP contribution in [0.25, 0.3) is 0 Å². The van der Waals surface area contributed by atoms with Gasteiger partial charge in [-0.05, 0) is 134 Å². The predicted molar refractivity (Wildman–Crippen MR) is 329 cm³/mol. The summed E-state index contributed by atoms with van der Waals surface area (Å²) < 4.78 is 92.7. The molecule has 4 aromatic carbocycles. The van der Waals surface area contributed by atoms with Gasteiger partial charge in [0.15, 0.2) is 0 Å². The number of carbonyl (C=O) groups is 2. The smallest absolute Gasteiger partial charge is 0.315 e. The number of sulfonamides is 2. The molecule has 5 aliphatic rings. The molecular formula is C60H78Cl2N12O12S2. The van der Waals surface area contributed by atoms with Crippen molar-refractivity contribution in [2.24, 2.45) is 0 Å². The van der Waals surface area contributed by atoms with Gasteiger partial charge < -0.3 is 60.3 Å². The summed E-state index contributed by atoms with van der Waals surface area (Å²) >= 11 is 12.8. The Hall–Kier alpha value is -5.92. The number of fused-ring (bicyclic) bond motifs is 2. The van der Waals surface area contributed by atoms with Crippen LogP contribution in [0.4, 0.5) is 9.59 Å². The first-order valence-corrected chi connectivity index (χ1v) is 33.7. The molecule has 2 heterocycles. The van der Waals surface area contributed by atoms with Crippen molar-refractivity contribution in [2.45, 2.75) is 84.7 Å².